The van der Waals surface area contributed by atoms with Crippen molar-refractivity contribution in [1.29, 1.82) is 0 Å². The van der Waals surface area contributed by atoms with Crippen molar-refractivity contribution in [3.8, 4) is 0 Å². The normalized spacial score (nSPS) is 14.7. The molecule has 9 heavy (non-hydrogen) atoms. The van der Waals surface area contributed by atoms with E-state index in [1.165, 1.54) is 4.88 Å². The molecule has 0 unspecified atom stereocenters. The molecule has 0 amide bonds. The predicted octanol–water partition coefficient (Wildman–Crippen LogP) is 1.23. The Bertz CT molecular complexity index is 239. The van der Waals surface area contributed by atoms with Crippen LogP contribution in [0, 0.1) is 0 Å². The van der Waals surface area contributed by atoms with Crippen LogP contribution in [0.4, 0.5) is 0 Å². The van der Waals surface area contributed by atoms with Crippen LogP contribution < -0.4 is 5.32 Å². The first-order valence-corrected chi connectivity index (χ1v) is 3.60. The lowest BCUT2D eigenvalue weighted by Gasteiger charge is -2.00. The summed E-state index contributed by atoms with van der Waals surface area (Å²) in [6, 6.07) is 0. The molecule has 0 bridgehead atoms. The van der Waals surface area contributed by atoms with E-state index in [0.717, 1.165) is 12.2 Å². The first-order chi connectivity index (χ1) is 4.47. The lowest BCUT2D eigenvalue weighted by atomic mass is 10.3. The molecule has 0 saturated heterocycles. The SMILES string of the molecule is C1=Cc2scnc2C[N]1. The zero-order valence-corrected chi connectivity index (χ0v) is 5.56. The lowest BCUT2D eigenvalue weighted by Crippen LogP contribution is -2.01. The van der Waals surface area contributed by atoms with Crippen molar-refractivity contribution in [2.75, 3.05) is 0 Å². The highest BCUT2D eigenvalue weighted by atomic mass is 32.1. The molecule has 0 fully saturated rings. The Morgan fingerprint density at radius 1 is 1.56 bits per heavy atom. The Morgan fingerprint density at radius 3 is 3.44 bits per heavy atom. The topological polar surface area (TPSA) is 27.0 Å². The molecule has 0 N–H and O–H groups in total. The van der Waals surface area contributed by atoms with Gasteiger partial charge in [0, 0.05) is 6.20 Å². The Labute approximate surface area is 57.2 Å². The van der Waals surface area contributed by atoms with Crippen molar-refractivity contribution in [3.05, 3.63) is 22.3 Å². The maximum atomic E-state index is 4.13. The quantitative estimate of drug-likeness (QED) is 0.528. The first-order valence-electron chi connectivity index (χ1n) is 2.72. The summed E-state index contributed by atoms with van der Waals surface area (Å²) in [5, 5.41) is 4.05. The van der Waals surface area contributed by atoms with Gasteiger partial charge in [-0.05, 0) is 6.08 Å². The molecule has 0 aromatic carbocycles. The maximum Gasteiger partial charge on any atom is 0.0826 e. The molecule has 1 radical (unpaired) electrons. The third-order valence-electron chi connectivity index (χ3n) is 1.25. The molecule has 45 valence electrons. The van der Waals surface area contributed by atoms with Crippen molar-refractivity contribution < 1.29 is 0 Å². The largest absolute Gasteiger partial charge is 0.287 e. The minimum Gasteiger partial charge on any atom is -0.287 e. The van der Waals surface area contributed by atoms with E-state index in [1.54, 1.807) is 11.3 Å². The molecule has 3 heteroatoms. The number of hydrogen-bond acceptors (Lipinski definition) is 2. The minimum atomic E-state index is 0.759. The third kappa shape index (κ3) is 0.733. The third-order valence-corrected chi connectivity index (χ3v) is 2.08. The van der Waals surface area contributed by atoms with Gasteiger partial charge in [0.05, 0.1) is 22.6 Å². The van der Waals surface area contributed by atoms with Crippen LogP contribution in [0.3, 0.4) is 0 Å². The highest BCUT2D eigenvalue weighted by Gasteiger charge is 2.05. The number of nitrogens with zero attached hydrogens (tertiary/aromatic N) is 2. The van der Waals surface area contributed by atoms with Gasteiger partial charge in [-0.2, -0.15) is 0 Å². The van der Waals surface area contributed by atoms with Gasteiger partial charge in [-0.15, -0.1) is 11.3 Å². The Balaban J connectivity index is 2.53. The maximum absolute atomic E-state index is 4.13. The fourth-order valence-corrected chi connectivity index (χ4v) is 1.48. The number of fused-ring (bicyclic) bond motifs is 1. The number of rotatable bonds is 0. The van der Waals surface area contributed by atoms with Gasteiger partial charge in [0.2, 0.25) is 0 Å². The average Bonchev–Trinajstić information content (AvgIpc) is 2.33. The van der Waals surface area contributed by atoms with E-state index >= 15 is 0 Å². The van der Waals surface area contributed by atoms with Crippen molar-refractivity contribution >= 4 is 17.4 Å². The Hall–Kier alpha value is -0.830. The predicted molar refractivity (Wildman–Crippen MR) is 37.0 cm³/mol. The Kier molecular flexibility index (Phi) is 1.02. The second kappa shape index (κ2) is 1.84. The molecular weight excluding hydrogens is 132 g/mol. The van der Waals surface area contributed by atoms with Crippen LogP contribution >= 0.6 is 11.3 Å². The summed E-state index contributed by atoms with van der Waals surface area (Å²) < 4.78 is 0. The van der Waals surface area contributed by atoms with E-state index in [0.29, 0.717) is 0 Å². The van der Waals surface area contributed by atoms with E-state index in [1.807, 2.05) is 17.8 Å². The van der Waals surface area contributed by atoms with Gasteiger partial charge < -0.3 is 0 Å². The van der Waals surface area contributed by atoms with Crippen LogP contribution in [-0.4, -0.2) is 4.98 Å². The summed E-state index contributed by atoms with van der Waals surface area (Å²) in [4.78, 5) is 5.38. The van der Waals surface area contributed by atoms with E-state index in [4.69, 9.17) is 0 Å². The summed E-state index contributed by atoms with van der Waals surface area (Å²) in [6.45, 7) is 0.759. The van der Waals surface area contributed by atoms with Gasteiger partial charge in [0.25, 0.3) is 0 Å². The number of aromatic nitrogens is 1. The monoisotopic (exact) mass is 137 g/mol. The summed E-state index contributed by atoms with van der Waals surface area (Å²) in [5.41, 5.74) is 2.97. The molecule has 2 heterocycles. The summed E-state index contributed by atoms with van der Waals surface area (Å²) in [7, 11) is 0. The molecule has 0 aliphatic carbocycles. The van der Waals surface area contributed by atoms with Gasteiger partial charge in [0.15, 0.2) is 0 Å². The van der Waals surface area contributed by atoms with E-state index < -0.39 is 0 Å². The van der Waals surface area contributed by atoms with Crippen LogP contribution in [0.5, 0.6) is 0 Å². The van der Waals surface area contributed by atoms with E-state index in [2.05, 4.69) is 10.3 Å². The van der Waals surface area contributed by atoms with Gasteiger partial charge in [0.1, 0.15) is 0 Å². The van der Waals surface area contributed by atoms with E-state index in [9.17, 15) is 0 Å². The molecule has 0 saturated carbocycles. The lowest BCUT2D eigenvalue weighted by molar-refractivity contribution is 0.819. The van der Waals surface area contributed by atoms with Gasteiger partial charge in [-0.1, -0.05) is 0 Å². The average molecular weight is 137 g/mol. The molecule has 1 aromatic rings. The molecule has 2 rings (SSSR count). The van der Waals surface area contributed by atoms with Crippen molar-refractivity contribution in [1.82, 2.24) is 10.3 Å². The molecule has 1 aliphatic rings. The Morgan fingerprint density at radius 2 is 2.56 bits per heavy atom. The van der Waals surface area contributed by atoms with Crippen LogP contribution in [0.2, 0.25) is 0 Å². The molecule has 2 nitrogen and oxygen atoms in total. The summed E-state index contributed by atoms with van der Waals surface area (Å²) in [6.07, 6.45) is 3.83. The number of thiazole rings is 1. The van der Waals surface area contributed by atoms with Gasteiger partial charge >= 0.3 is 0 Å². The minimum absolute atomic E-state index is 0.759. The van der Waals surface area contributed by atoms with Crippen molar-refractivity contribution in [3.63, 3.8) is 0 Å². The molecule has 1 aliphatic heterocycles. The highest BCUT2D eigenvalue weighted by Crippen LogP contribution is 2.17. The van der Waals surface area contributed by atoms with Crippen LogP contribution in [-0.2, 0) is 6.54 Å². The van der Waals surface area contributed by atoms with E-state index in [-0.39, 0.29) is 0 Å². The summed E-state index contributed by atoms with van der Waals surface area (Å²) in [5.74, 6) is 0. The molecule has 0 spiro atoms. The zero-order valence-electron chi connectivity index (χ0n) is 4.74. The summed E-state index contributed by atoms with van der Waals surface area (Å²) >= 11 is 1.67. The fourth-order valence-electron chi connectivity index (χ4n) is 0.792. The standard InChI is InChI=1S/C6H5N2S/c1-2-7-3-5-6(1)9-4-8-5/h1-2,4H,3H2. The molecule has 1 aromatic heterocycles. The first kappa shape index (κ1) is 4.99. The van der Waals surface area contributed by atoms with Gasteiger partial charge in [-0.25, -0.2) is 4.98 Å². The highest BCUT2D eigenvalue weighted by molar-refractivity contribution is 7.10. The van der Waals surface area contributed by atoms with Crippen molar-refractivity contribution in [2.45, 2.75) is 6.54 Å². The van der Waals surface area contributed by atoms with Crippen LogP contribution in [0.1, 0.15) is 10.6 Å². The van der Waals surface area contributed by atoms with Crippen LogP contribution in [0.15, 0.2) is 11.7 Å². The van der Waals surface area contributed by atoms with Crippen LogP contribution in [0.25, 0.3) is 6.08 Å². The second-order valence-corrected chi connectivity index (χ2v) is 2.71. The second-order valence-electron chi connectivity index (χ2n) is 1.82. The smallest absolute Gasteiger partial charge is 0.0826 e. The molecular formula is C6H5N2S. The van der Waals surface area contributed by atoms with Gasteiger partial charge in [-0.3, -0.25) is 5.32 Å². The number of hydrogen-bond donors (Lipinski definition) is 0. The molecule has 0 atom stereocenters. The van der Waals surface area contributed by atoms with Crippen molar-refractivity contribution in [2.24, 2.45) is 0 Å². The zero-order chi connectivity index (χ0) is 6.10. The fraction of sp³-hybridized carbons (Fsp3) is 0.167.